The molecule has 0 fully saturated rings. The van der Waals surface area contributed by atoms with E-state index in [0.717, 1.165) is 38.6 Å². The van der Waals surface area contributed by atoms with Crippen LogP contribution in [0.25, 0.3) is 16.9 Å². The van der Waals surface area contributed by atoms with E-state index in [1.807, 2.05) is 43.3 Å². The van der Waals surface area contributed by atoms with Crippen LogP contribution in [0.5, 0.6) is 11.5 Å². The molecule has 2 aromatic heterocycles. The van der Waals surface area contributed by atoms with Gasteiger partial charge in [0.1, 0.15) is 17.2 Å². The summed E-state index contributed by atoms with van der Waals surface area (Å²) in [6.45, 7) is 4.10. The van der Waals surface area contributed by atoms with Crippen LogP contribution in [0, 0.1) is 13.8 Å². The van der Waals surface area contributed by atoms with Crippen LogP contribution < -0.4 is 10.1 Å². The zero-order chi connectivity index (χ0) is 19.8. The van der Waals surface area contributed by atoms with Gasteiger partial charge in [0.05, 0.1) is 7.11 Å². The van der Waals surface area contributed by atoms with E-state index in [0.29, 0.717) is 5.75 Å². The molecule has 0 spiro atoms. The van der Waals surface area contributed by atoms with Crippen LogP contribution in [0.3, 0.4) is 0 Å². The number of pyridine rings is 1. The van der Waals surface area contributed by atoms with Gasteiger partial charge in [-0.1, -0.05) is 28.1 Å². The number of aromatic hydroxyl groups is 1. The van der Waals surface area contributed by atoms with Gasteiger partial charge < -0.3 is 15.2 Å². The van der Waals surface area contributed by atoms with Crippen LogP contribution in [0.4, 0.5) is 11.5 Å². The number of phenols is 1. The number of imidazole rings is 1. The number of ether oxygens (including phenoxy) is 1. The molecule has 6 heteroatoms. The van der Waals surface area contributed by atoms with E-state index in [4.69, 9.17) is 9.72 Å². The molecule has 28 heavy (non-hydrogen) atoms. The molecule has 0 aliphatic heterocycles. The van der Waals surface area contributed by atoms with Crippen LogP contribution in [0.2, 0.25) is 0 Å². The minimum Gasteiger partial charge on any atom is -0.504 e. The minimum atomic E-state index is 0.100. The lowest BCUT2D eigenvalue weighted by Gasteiger charge is -2.12. The molecule has 0 saturated carbocycles. The van der Waals surface area contributed by atoms with Gasteiger partial charge in [0.25, 0.3) is 0 Å². The largest absolute Gasteiger partial charge is 0.504 e. The molecule has 2 N–H and O–H groups in total. The lowest BCUT2D eigenvalue weighted by molar-refractivity contribution is 0.373. The van der Waals surface area contributed by atoms with E-state index >= 15 is 0 Å². The maximum atomic E-state index is 9.96. The van der Waals surface area contributed by atoms with Crippen LogP contribution in [0.1, 0.15) is 11.3 Å². The second-order valence-corrected chi connectivity index (χ2v) is 7.50. The Bertz CT molecular complexity index is 1180. The van der Waals surface area contributed by atoms with Crippen LogP contribution >= 0.6 is 15.9 Å². The second kappa shape index (κ2) is 7.20. The number of hydrogen-bond acceptors (Lipinski definition) is 4. The highest BCUT2D eigenvalue weighted by Gasteiger charge is 2.17. The number of hydrogen-bond donors (Lipinski definition) is 2. The summed E-state index contributed by atoms with van der Waals surface area (Å²) in [4.78, 5) is 4.84. The summed E-state index contributed by atoms with van der Waals surface area (Å²) in [5, 5.41) is 13.5. The van der Waals surface area contributed by atoms with Crippen molar-refractivity contribution < 1.29 is 9.84 Å². The molecule has 4 rings (SSSR count). The monoisotopic (exact) mass is 437 g/mol. The number of methoxy groups -OCH3 is 1. The second-order valence-electron chi connectivity index (χ2n) is 6.65. The molecule has 2 heterocycles. The van der Waals surface area contributed by atoms with Crippen LogP contribution in [-0.2, 0) is 0 Å². The third kappa shape index (κ3) is 3.20. The number of nitrogens with one attached hydrogen (secondary N) is 1. The smallest absolute Gasteiger partial charge is 0.161 e. The van der Waals surface area contributed by atoms with Gasteiger partial charge in [-0.05, 0) is 61.9 Å². The molecule has 0 saturated heterocycles. The number of benzene rings is 2. The Morgan fingerprint density at radius 1 is 1.07 bits per heavy atom. The van der Waals surface area contributed by atoms with E-state index in [-0.39, 0.29) is 5.75 Å². The molecule has 0 aliphatic carbocycles. The predicted molar refractivity (Wildman–Crippen MR) is 116 cm³/mol. The maximum absolute atomic E-state index is 9.96. The van der Waals surface area contributed by atoms with Crippen molar-refractivity contribution in [3.63, 3.8) is 0 Å². The fourth-order valence-corrected chi connectivity index (χ4v) is 3.58. The minimum absolute atomic E-state index is 0.100. The molecule has 0 bridgehead atoms. The number of fused-ring (bicyclic) bond motifs is 1. The Morgan fingerprint density at radius 2 is 1.89 bits per heavy atom. The Labute approximate surface area is 171 Å². The summed E-state index contributed by atoms with van der Waals surface area (Å²) >= 11 is 3.60. The van der Waals surface area contributed by atoms with Crippen LogP contribution in [-0.4, -0.2) is 21.6 Å². The molecular formula is C22H20BrN3O2. The molecule has 2 aromatic carbocycles. The molecule has 0 amide bonds. The van der Waals surface area contributed by atoms with E-state index < -0.39 is 0 Å². The zero-order valence-corrected chi connectivity index (χ0v) is 17.4. The van der Waals surface area contributed by atoms with Crippen molar-refractivity contribution >= 4 is 33.1 Å². The Kier molecular flexibility index (Phi) is 4.73. The first-order chi connectivity index (χ1) is 13.5. The molecular weight excluding hydrogens is 418 g/mol. The Hall–Kier alpha value is -2.99. The summed E-state index contributed by atoms with van der Waals surface area (Å²) < 4.78 is 8.40. The summed E-state index contributed by atoms with van der Waals surface area (Å²) in [5.41, 5.74) is 5.67. The molecule has 0 radical (unpaired) electrons. The number of anilines is 2. The van der Waals surface area contributed by atoms with Gasteiger partial charge >= 0.3 is 0 Å². The third-order valence-corrected chi connectivity index (χ3v) is 5.58. The molecule has 142 valence electrons. The maximum Gasteiger partial charge on any atom is 0.161 e. The normalized spacial score (nSPS) is 11.0. The van der Waals surface area contributed by atoms with Gasteiger partial charge in [0, 0.05) is 21.4 Å². The van der Waals surface area contributed by atoms with Crippen LogP contribution in [0.15, 0.2) is 59.1 Å². The van der Waals surface area contributed by atoms with Crippen molar-refractivity contribution in [2.75, 3.05) is 12.4 Å². The van der Waals surface area contributed by atoms with Crippen molar-refractivity contribution in [2.45, 2.75) is 13.8 Å². The van der Waals surface area contributed by atoms with Gasteiger partial charge in [-0.25, -0.2) is 4.98 Å². The quantitative estimate of drug-likeness (QED) is 0.421. The van der Waals surface area contributed by atoms with E-state index in [1.165, 1.54) is 12.7 Å². The standard InChI is InChI=1S/C22H20BrN3O2/c1-13-7-9-16(12-17(13)23)24-22-21(15-8-10-18(27)19(11-15)28-3)25-20-6-4-5-14(2)26(20)22/h4-12,24,27H,1-3H3. The molecule has 5 nitrogen and oxygen atoms in total. The lowest BCUT2D eigenvalue weighted by atomic mass is 10.1. The highest BCUT2D eigenvalue weighted by Crippen LogP contribution is 2.37. The van der Waals surface area contributed by atoms with Gasteiger partial charge in [0.15, 0.2) is 11.5 Å². The van der Waals surface area contributed by atoms with E-state index in [1.54, 1.807) is 12.1 Å². The number of phenolic OH excluding ortho intramolecular Hbond substituents is 1. The van der Waals surface area contributed by atoms with Gasteiger partial charge in [0.2, 0.25) is 0 Å². The third-order valence-electron chi connectivity index (χ3n) is 4.73. The Morgan fingerprint density at radius 3 is 2.64 bits per heavy atom. The molecule has 0 unspecified atom stereocenters. The summed E-state index contributed by atoms with van der Waals surface area (Å²) in [6, 6.07) is 17.4. The highest BCUT2D eigenvalue weighted by molar-refractivity contribution is 9.10. The number of aryl methyl sites for hydroxylation is 2. The van der Waals surface area contributed by atoms with Gasteiger partial charge in [-0.2, -0.15) is 0 Å². The summed E-state index contributed by atoms with van der Waals surface area (Å²) in [6.07, 6.45) is 0. The summed E-state index contributed by atoms with van der Waals surface area (Å²) in [7, 11) is 1.54. The first-order valence-corrected chi connectivity index (χ1v) is 9.66. The number of aromatic nitrogens is 2. The van der Waals surface area contributed by atoms with Crippen molar-refractivity contribution in [3.8, 4) is 22.8 Å². The SMILES string of the molecule is COc1cc(-c2nc3cccc(C)n3c2Nc2ccc(C)c(Br)c2)ccc1O. The Balaban J connectivity index is 1.92. The first kappa shape index (κ1) is 18.4. The van der Waals surface area contributed by atoms with Crippen molar-refractivity contribution in [2.24, 2.45) is 0 Å². The topological polar surface area (TPSA) is 58.8 Å². The average molecular weight is 438 g/mol. The number of rotatable bonds is 4. The van der Waals surface area contributed by atoms with Crippen molar-refractivity contribution in [3.05, 3.63) is 70.3 Å². The number of nitrogens with zero attached hydrogens (tertiary/aromatic N) is 2. The predicted octanol–water partition coefficient (Wildman–Crippen LogP) is 5.84. The van der Waals surface area contributed by atoms with E-state index in [2.05, 4.69) is 38.6 Å². The molecule has 0 atom stereocenters. The molecule has 0 aliphatic rings. The lowest BCUT2D eigenvalue weighted by Crippen LogP contribution is -2.00. The highest BCUT2D eigenvalue weighted by atomic mass is 79.9. The van der Waals surface area contributed by atoms with Gasteiger partial charge in [-0.3, -0.25) is 4.40 Å². The van der Waals surface area contributed by atoms with E-state index in [9.17, 15) is 5.11 Å². The van der Waals surface area contributed by atoms with Crippen molar-refractivity contribution in [1.29, 1.82) is 0 Å². The summed E-state index contributed by atoms with van der Waals surface area (Å²) in [5.74, 6) is 1.37. The zero-order valence-electron chi connectivity index (χ0n) is 15.8. The van der Waals surface area contributed by atoms with Crippen molar-refractivity contribution in [1.82, 2.24) is 9.38 Å². The first-order valence-electron chi connectivity index (χ1n) is 8.86. The molecule has 4 aromatic rings. The fourth-order valence-electron chi connectivity index (χ4n) is 3.20. The fraction of sp³-hybridized carbons (Fsp3) is 0.136. The number of halogens is 1. The average Bonchev–Trinajstić information content (AvgIpc) is 3.05. The van der Waals surface area contributed by atoms with Gasteiger partial charge in [-0.15, -0.1) is 0 Å².